The second-order valence-electron chi connectivity index (χ2n) is 18.1. The molecule has 1 unspecified atom stereocenters. The SMILES string of the molecule is CC/C=C\C/C=C\C/C=C\CCCCCCCCCC(=O)OC(COC(=O)CCCCCCCCC)COC(=O)CCCCCCCCCCCCCCCCCCCCCC. The van der Waals surface area contributed by atoms with Crippen LogP contribution in [0.15, 0.2) is 36.5 Å². The number of hydrogen-bond acceptors (Lipinski definition) is 6. The molecule has 6 heteroatoms. The van der Waals surface area contributed by atoms with Gasteiger partial charge in [0.1, 0.15) is 13.2 Å². The van der Waals surface area contributed by atoms with E-state index in [9.17, 15) is 14.4 Å². The average molecular weight is 871 g/mol. The summed E-state index contributed by atoms with van der Waals surface area (Å²) in [6.07, 6.45) is 60.1. The van der Waals surface area contributed by atoms with Gasteiger partial charge in [-0.05, 0) is 51.4 Å². The van der Waals surface area contributed by atoms with Crippen LogP contribution in [-0.2, 0) is 28.6 Å². The lowest BCUT2D eigenvalue weighted by atomic mass is 10.0. The van der Waals surface area contributed by atoms with Gasteiger partial charge in [0.2, 0.25) is 0 Å². The highest BCUT2D eigenvalue weighted by Crippen LogP contribution is 2.16. The van der Waals surface area contributed by atoms with Gasteiger partial charge in [0, 0.05) is 19.3 Å². The van der Waals surface area contributed by atoms with Crippen LogP contribution in [0.1, 0.15) is 284 Å². The molecular formula is C56H102O6. The van der Waals surface area contributed by atoms with Gasteiger partial charge >= 0.3 is 17.9 Å². The van der Waals surface area contributed by atoms with Crippen LogP contribution in [0.5, 0.6) is 0 Å². The van der Waals surface area contributed by atoms with Gasteiger partial charge in [-0.1, -0.05) is 250 Å². The van der Waals surface area contributed by atoms with Crippen molar-refractivity contribution in [1.29, 1.82) is 0 Å². The molecule has 0 bridgehead atoms. The molecule has 0 rings (SSSR count). The van der Waals surface area contributed by atoms with Crippen LogP contribution in [0, 0.1) is 0 Å². The molecule has 0 saturated heterocycles. The highest BCUT2D eigenvalue weighted by molar-refractivity contribution is 5.71. The number of unbranched alkanes of at least 4 members (excludes halogenated alkanes) is 32. The molecule has 0 fully saturated rings. The van der Waals surface area contributed by atoms with Crippen LogP contribution in [0.4, 0.5) is 0 Å². The Morgan fingerprint density at radius 3 is 0.984 bits per heavy atom. The van der Waals surface area contributed by atoms with Gasteiger partial charge in [0.15, 0.2) is 6.10 Å². The zero-order valence-corrected chi connectivity index (χ0v) is 41.4. The molecule has 0 aliphatic carbocycles. The molecule has 0 spiro atoms. The predicted molar refractivity (Wildman–Crippen MR) is 266 cm³/mol. The van der Waals surface area contributed by atoms with Crippen LogP contribution in [0.25, 0.3) is 0 Å². The zero-order chi connectivity index (χ0) is 45.1. The summed E-state index contributed by atoms with van der Waals surface area (Å²) >= 11 is 0. The van der Waals surface area contributed by atoms with Crippen molar-refractivity contribution in [3.8, 4) is 0 Å². The van der Waals surface area contributed by atoms with E-state index in [4.69, 9.17) is 14.2 Å². The first kappa shape index (κ1) is 59.6. The van der Waals surface area contributed by atoms with E-state index in [1.54, 1.807) is 0 Å². The van der Waals surface area contributed by atoms with Gasteiger partial charge in [0.05, 0.1) is 0 Å². The van der Waals surface area contributed by atoms with Crippen molar-refractivity contribution in [3.05, 3.63) is 36.5 Å². The largest absolute Gasteiger partial charge is 0.462 e. The maximum atomic E-state index is 12.8. The van der Waals surface area contributed by atoms with E-state index in [-0.39, 0.29) is 31.1 Å². The molecular weight excluding hydrogens is 769 g/mol. The van der Waals surface area contributed by atoms with Crippen molar-refractivity contribution >= 4 is 17.9 Å². The number of allylic oxidation sites excluding steroid dienone is 6. The minimum Gasteiger partial charge on any atom is -0.462 e. The van der Waals surface area contributed by atoms with E-state index in [0.717, 1.165) is 83.5 Å². The fraction of sp³-hybridized carbons (Fsp3) is 0.839. The quantitative estimate of drug-likeness (QED) is 0.0262. The molecule has 0 N–H and O–H groups in total. The third-order valence-corrected chi connectivity index (χ3v) is 11.9. The number of esters is 3. The molecule has 0 aromatic carbocycles. The summed E-state index contributed by atoms with van der Waals surface area (Å²) in [4.78, 5) is 37.9. The lowest BCUT2D eigenvalue weighted by Gasteiger charge is -2.18. The van der Waals surface area contributed by atoms with Crippen molar-refractivity contribution < 1.29 is 28.6 Å². The second kappa shape index (κ2) is 51.3. The lowest BCUT2D eigenvalue weighted by Crippen LogP contribution is -2.30. The Morgan fingerprint density at radius 1 is 0.339 bits per heavy atom. The van der Waals surface area contributed by atoms with Crippen molar-refractivity contribution in [2.75, 3.05) is 13.2 Å². The molecule has 0 aromatic rings. The van der Waals surface area contributed by atoms with E-state index in [1.165, 1.54) is 161 Å². The van der Waals surface area contributed by atoms with Gasteiger partial charge in [-0.25, -0.2) is 0 Å². The molecule has 6 nitrogen and oxygen atoms in total. The minimum atomic E-state index is -0.771. The Kier molecular flexibility index (Phi) is 49.3. The highest BCUT2D eigenvalue weighted by atomic mass is 16.6. The summed E-state index contributed by atoms with van der Waals surface area (Å²) in [5.74, 6) is -0.876. The molecule has 0 aliphatic heterocycles. The summed E-state index contributed by atoms with van der Waals surface area (Å²) in [5.41, 5.74) is 0. The fourth-order valence-electron chi connectivity index (χ4n) is 7.87. The maximum absolute atomic E-state index is 12.8. The summed E-state index contributed by atoms with van der Waals surface area (Å²) < 4.78 is 16.8. The molecule has 62 heavy (non-hydrogen) atoms. The van der Waals surface area contributed by atoms with Crippen LogP contribution in [0.3, 0.4) is 0 Å². The zero-order valence-electron chi connectivity index (χ0n) is 41.4. The number of carbonyl (C=O) groups excluding carboxylic acids is 3. The van der Waals surface area contributed by atoms with Gasteiger partial charge in [0.25, 0.3) is 0 Å². The molecule has 0 aromatic heterocycles. The number of carbonyl (C=O) groups is 3. The minimum absolute atomic E-state index is 0.0724. The molecule has 0 saturated carbocycles. The summed E-state index contributed by atoms with van der Waals surface area (Å²) in [6.45, 7) is 6.51. The van der Waals surface area contributed by atoms with E-state index < -0.39 is 6.10 Å². The normalized spacial score (nSPS) is 12.2. The monoisotopic (exact) mass is 871 g/mol. The van der Waals surface area contributed by atoms with Gasteiger partial charge in [-0.15, -0.1) is 0 Å². The Labute approximate surface area is 385 Å². The van der Waals surface area contributed by atoms with Crippen LogP contribution < -0.4 is 0 Å². The van der Waals surface area contributed by atoms with E-state index >= 15 is 0 Å². The topological polar surface area (TPSA) is 78.9 Å². The summed E-state index contributed by atoms with van der Waals surface area (Å²) in [6, 6.07) is 0. The number of rotatable bonds is 49. The summed E-state index contributed by atoms with van der Waals surface area (Å²) in [5, 5.41) is 0. The first-order chi connectivity index (χ1) is 30.5. The van der Waals surface area contributed by atoms with Crippen molar-refractivity contribution in [3.63, 3.8) is 0 Å². The third kappa shape index (κ3) is 48.7. The molecule has 0 aliphatic rings. The smallest absolute Gasteiger partial charge is 0.306 e. The summed E-state index contributed by atoms with van der Waals surface area (Å²) in [7, 11) is 0. The van der Waals surface area contributed by atoms with E-state index in [0.29, 0.717) is 19.3 Å². The van der Waals surface area contributed by atoms with Gasteiger partial charge in [-0.3, -0.25) is 14.4 Å². The van der Waals surface area contributed by atoms with Gasteiger partial charge < -0.3 is 14.2 Å². The third-order valence-electron chi connectivity index (χ3n) is 11.9. The van der Waals surface area contributed by atoms with Crippen LogP contribution in [0.2, 0.25) is 0 Å². The standard InChI is InChI=1S/C56H102O6/c1-4-7-10-13-16-18-20-22-24-26-27-28-30-31-33-35-37-40-43-46-49-55(58)61-52-53(51-60-54(57)48-45-42-39-15-12-9-6-3)62-56(59)50-47-44-41-38-36-34-32-29-25-23-21-19-17-14-11-8-5-2/h8,11,17,19,23,25,53H,4-7,9-10,12-16,18,20-22,24,26-52H2,1-3H3/b11-8-,19-17-,25-23-. The van der Waals surface area contributed by atoms with Crippen molar-refractivity contribution in [2.45, 2.75) is 290 Å². The van der Waals surface area contributed by atoms with E-state index in [2.05, 4.69) is 57.2 Å². The molecule has 0 radical (unpaired) electrons. The fourth-order valence-corrected chi connectivity index (χ4v) is 7.87. The van der Waals surface area contributed by atoms with Crippen molar-refractivity contribution in [2.24, 2.45) is 0 Å². The molecule has 1 atom stereocenters. The first-order valence-corrected chi connectivity index (χ1v) is 27.0. The van der Waals surface area contributed by atoms with Crippen LogP contribution >= 0.6 is 0 Å². The molecule has 0 amide bonds. The first-order valence-electron chi connectivity index (χ1n) is 27.0. The van der Waals surface area contributed by atoms with E-state index in [1.807, 2.05) is 0 Å². The van der Waals surface area contributed by atoms with Gasteiger partial charge in [-0.2, -0.15) is 0 Å². The Balaban J connectivity index is 4.19. The highest BCUT2D eigenvalue weighted by Gasteiger charge is 2.19. The average Bonchev–Trinajstić information content (AvgIpc) is 3.27. The Morgan fingerprint density at radius 2 is 0.629 bits per heavy atom. The van der Waals surface area contributed by atoms with Crippen LogP contribution in [-0.4, -0.2) is 37.2 Å². The lowest BCUT2D eigenvalue weighted by molar-refractivity contribution is -0.167. The van der Waals surface area contributed by atoms with Crippen molar-refractivity contribution in [1.82, 2.24) is 0 Å². The Bertz CT molecular complexity index is 1050. The predicted octanol–water partition coefficient (Wildman–Crippen LogP) is 17.7. The maximum Gasteiger partial charge on any atom is 0.306 e. The number of ether oxygens (including phenoxy) is 3. The second-order valence-corrected chi connectivity index (χ2v) is 18.1. The molecule has 0 heterocycles. The Hall–Kier alpha value is -2.37. The number of hydrogen-bond donors (Lipinski definition) is 0. The molecule has 362 valence electrons.